The highest BCUT2D eigenvalue weighted by Gasteiger charge is 2.22. The number of carbonyl (C=O) groups is 2. The van der Waals surface area contributed by atoms with Crippen molar-refractivity contribution in [3.63, 3.8) is 0 Å². The number of unbranched alkanes of at least 4 members (excludes halogenated alkanes) is 1. The van der Waals surface area contributed by atoms with Crippen molar-refractivity contribution >= 4 is 11.9 Å². The molecule has 110 valence electrons. The number of nitrogens with one attached hydrogen (secondary N) is 1. The van der Waals surface area contributed by atoms with Gasteiger partial charge in [0.1, 0.15) is 6.04 Å². The molecule has 20 heavy (non-hydrogen) atoms. The SMILES string of the molecule is CCCC[C@H](NC(=O)[C@@H](N)Cc1ccccc1)C(=O)O. The Balaban J connectivity index is 2.53. The van der Waals surface area contributed by atoms with Crippen LogP contribution in [-0.2, 0) is 16.0 Å². The first-order chi connectivity index (χ1) is 9.54. The molecule has 0 saturated carbocycles. The average Bonchev–Trinajstić information content (AvgIpc) is 2.43. The molecule has 1 amide bonds. The van der Waals surface area contributed by atoms with Gasteiger partial charge in [-0.2, -0.15) is 0 Å². The van der Waals surface area contributed by atoms with Crippen molar-refractivity contribution < 1.29 is 14.7 Å². The minimum atomic E-state index is -1.02. The maximum Gasteiger partial charge on any atom is 0.326 e. The zero-order valence-electron chi connectivity index (χ0n) is 11.7. The van der Waals surface area contributed by atoms with Gasteiger partial charge in [0, 0.05) is 0 Å². The molecule has 0 aliphatic rings. The lowest BCUT2D eigenvalue weighted by molar-refractivity contribution is -0.142. The molecule has 0 aliphatic carbocycles. The first-order valence-electron chi connectivity index (χ1n) is 6.87. The number of benzene rings is 1. The standard InChI is InChI=1S/C15H22N2O3/c1-2-3-9-13(15(19)20)17-14(18)12(16)10-11-7-5-4-6-8-11/h4-8,12-13H,2-3,9-10,16H2,1H3,(H,17,18)(H,19,20)/t12-,13-/m0/s1. The Morgan fingerprint density at radius 3 is 2.50 bits per heavy atom. The average molecular weight is 278 g/mol. The minimum Gasteiger partial charge on any atom is -0.480 e. The molecular weight excluding hydrogens is 256 g/mol. The number of carboxylic acids is 1. The van der Waals surface area contributed by atoms with Crippen molar-refractivity contribution in [3.05, 3.63) is 35.9 Å². The van der Waals surface area contributed by atoms with Crippen molar-refractivity contribution in [1.82, 2.24) is 5.32 Å². The minimum absolute atomic E-state index is 0.396. The van der Waals surface area contributed by atoms with Crippen LogP contribution in [0.5, 0.6) is 0 Å². The number of nitrogens with two attached hydrogens (primary N) is 1. The molecule has 0 aliphatic heterocycles. The lowest BCUT2D eigenvalue weighted by atomic mass is 10.0. The summed E-state index contributed by atoms with van der Waals surface area (Å²) in [5.74, 6) is -1.43. The normalized spacial score (nSPS) is 13.5. The van der Waals surface area contributed by atoms with Crippen molar-refractivity contribution in [2.45, 2.75) is 44.7 Å². The summed E-state index contributed by atoms with van der Waals surface area (Å²) in [6, 6.07) is 7.82. The van der Waals surface area contributed by atoms with Gasteiger partial charge in [0.05, 0.1) is 6.04 Å². The molecule has 2 atom stereocenters. The molecule has 0 unspecified atom stereocenters. The summed E-state index contributed by atoms with van der Waals surface area (Å²) >= 11 is 0. The van der Waals surface area contributed by atoms with Crippen LogP contribution in [0.15, 0.2) is 30.3 Å². The predicted molar refractivity (Wildman–Crippen MR) is 77.2 cm³/mol. The van der Waals surface area contributed by atoms with Gasteiger partial charge in [-0.3, -0.25) is 4.79 Å². The molecular formula is C15H22N2O3. The van der Waals surface area contributed by atoms with Crippen molar-refractivity contribution in [3.8, 4) is 0 Å². The Bertz CT molecular complexity index is 434. The van der Waals surface area contributed by atoms with E-state index >= 15 is 0 Å². The number of carboxylic acid groups (broad SMARTS) is 1. The van der Waals surface area contributed by atoms with Crippen LogP contribution in [0, 0.1) is 0 Å². The first-order valence-corrected chi connectivity index (χ1v) is 6.87. The molecule has 1 aromatic carbocycles. The summed E-state index contributed by atoms with van der Waals surface area (Å²) in [7, 11) is 0. The molecule has 5 heteroatoms. The van der Waals surface area contributed by atoms with Crippen LogP contribution in [0.3, 0.4) is 0 Å². The number of hydrogen-bond acceptors (Lipinski definition) is 3. The second-order valence-electron chi connectivity index (χ2n) is 4.84. The van der Waals surface area contributed by atoms with Gasteiger partial charge >= 0.3 is 5.97 Å². The van der Waals surface area contributed by atoms with E-state index in [1.807, 2.05) is 37.3 Å². The highest BCUT2D eigenvalue weighted by molar-refractivity contribution is 5.86. The van der Waals surface area contributed by atoms with Gasteiger partial charge in [-0.05, 0) is 18.4 Å². The Labute approximate surface area is 119 Å². The van der Waals surface area contributed by atoms with Crippen LogP contribution in [0.1, 0.15) is 31.7 Å². The van der Waals surface area contributed by atoms with Gasteiger partial charge in [0.15, 0.2) is 0 Å². The molecule has 0 spiro atoms. The quantitative estimate of drug-likeness (QED) is 0.668. The second kappa shape index (κ2) is 8.32. The molecule has 0 bridgehead atoms. The van der Waals surface area contributed by atoms with E-state index in [1.54, 1.807) is 0 Å². The Kier molecular flexibility index (Phi) is 6.73. The third kappa shape index (κ3) is 5.40. The summed E-state index contributed by atoms with van der Waals surface area (Å²) in [6.45, 7) is 1.97. The molecule has 4 N–H and O–H groups in total. The van der Waals surface area contributed by atoms with Gasteiger partial charge in [0.2, 0.25) is 5.91 Å². The molecule has 0 saturated heterocycles. The van der Waals surface area contributed by atoms with Crippen molar-refractivity contribution in [2.24, 2.45) is 5.73 Å². The van der Waals surface area contributed by atoms with Crippen LogP contribution < -0.4 is 11.1 Å². The summed E-state index contributed by atoms with van der Waals surface area (Å²) in [6.07, 6.45) is 2.46. The van der Waals surface area contributed by atoms with Gasteiger partial charge in [-0.15, -0.1) is 0 Å². The first kappa shape index (κ1) is 16.2. The third-order valence-electron chi connectivity index (χ3n) is 3.10. The zero-order chi connectivity index (χ0) is 15.0. The summed E-state index contributed by atoms with van der Waals surface area (Å²) < 4.78 is 0. The maximum absolute atomic E-state index is 11.9. The number of carbonyl (C=O) groups excluding carboxylic acids is 1. The lowest BCUT2D eigenvalue weighted by Gasteiger charge is -2.17. The predicted octanol–water partition coefficient (Wildman–Crippen LogP) is 1.32. The van der Waals surface area contributed by atoms with Crippen LogP contribution in [0.4, 0.5) is 0 Å². The van der Waals surface area contributed by atoms with Crippen LogP contribution in [0.2, 0.25) is 0 Å². The number of rotatable bonds is 8. The van der Waals surface area contributed by atoms with Gasteiger partial charge in [-0.25, -0.2) is 4.79 Å². The molecule has 0 radical (unpaired) electrons. The highest BCUT2D eigenvalue weighted by Crippen LogP contribution is 2.04. The topological polar surface area (TPSA) is 92.4 Å². The molecule has 5 nitrogen and oxygen atoms in total. The summed E-state index contributed by atoms with van der Waals surface area (Å²) in [5.41, 5.74) is 6.78. The number of amides is 1. The summed E-state index contributed by atoms with van der Waals surface area (Å²) in [4.78, 5) is 23.0. The van der Waals surface area contributed by atoms with E-state index in [0.29, 0.717) is 12.8 Å². The number of aliphatic carboxylic acids is 1. The fourth-order valence-corrected chi connectivity index (χ4v) is 1.91. The van der Waals surface area contributed by atoms with E-state index in [2.05, 4.69) is 5.32 Å². The van der Waals surface area contributed by atoms with Crippen LogP contribution in [-0.4, -0.2) is 29.1 Å². The molecule has 0 fully saturated rings. The fraction of sp³-hybridized carbons (Fsp3) is 0.467. The number of hydrogen-bond donors (Lipinski definition) is 3. The fourth-order valence-electron chi connectivity index (χ4n) is 1.91. The third-order valence-corrected chi connectivity index (χ3v) is 3.10. The molecule has 1 rings (SSSR count). The van der Waals surface area contributed by atoms with Crippen LogP contribution in [0.25, 0.3) is 0 Å². The van der Waals surface area contributed by atoms with Crippen LogP contribution >= 0.6 is 0 Å². The van der Waals surface area contributed by atoms with E-state index in [1.165, 1.54) is 0 Å². The maximum atomic E-state index is 11.9. The smallest absolute Gasteiger partial charge is 0.326 e. The van der Waals surface area contributed by atoms with Crippen molar-refractivity contribution in [1.29, 1.82) is 0 Å². The van der Waals surface area contributed by atoms with E-state index < -0.39 is 24.0 Å². The van der Waals surface area contributed by atoms with Gasteiger partial charge in [-0.1, -0.05) is 50.1 Å². The largest absolute Gasteiger partial charge is 0.480 e. The van der Waals surface area contributed by atoms with E-state index in [-0.39, 0.29) is 0 Å². The molecule has 1 aromatic rings. The summed E-state index contributed by atoms with van der Waals surface area (Å²) in [5, 5.41) is 11.6. The van der Waals surface area contributed by atoms with Crippen molar-refractivity contribution in [2.75, 3.05) is 0 Å². The van der Waals surface area contributed by atoms with E-state index in [4.69, 9.17) is 10.8 Å². The molecule has 0 heterocycles. The van der Waals surface area contributed by atoms with E-state index in [9.17, 15) is 9.59 Å². The molecule has 0 aromatic heterocycles. The van der Waals surface area contributed by atoms with Gasteiger partial charge < -0.3 is 16.2 Å². The Morgan fingerprint density at radius 1 is 1.30 bits per heavy atom. The lowest BCUT2D eigenvalue weighted by Crippen LogP contribution is -2.49. The van der Waals surface area contributed by atoms with Gasteiger partial charge in [0.25, 0.3) is 0 Å². The monoisotopic (exact) mass is 278 g/mol. The Morgan fingerprint density at radius 2 is 1.95 bits per heavy atom. The highest BCUT2D eigenvalue weighted by atomic mass is 16.4. The second-order valence-corrected chi connectivity index (χ2v) is 4.84. The van der Waals surface area contributed by atoms with E-state index in [0.717, 1.165) is 18.4 Å². The Hall–Kier alpha value is -1.88. The zero-order valence-corrected chi connectivity index (χ0v) is 11.7.